The van der Waals surface area contributed by atoms with Gasteiger partial charge in [0.2, 0.25) is 0 Å². The Balaban J connectivity index is 1.72. The molecule has 8 nitrogen and oxygen atoms in total. The number of aromatic amines is 1. The summed E-state index contributed by atoms with van der Waals surface area (Å²) in [6, 6.07) is 18.9. The predicted molar refractivity (Wildman–Crippen MR) is 148 cm³/mol. The number of benzene rings is 2. The summed E-state index contributed by atoms with van der Waals surface area (Å²) in [4.78, 5) is 19.0. The average molecular weight is 531 g/mol. The van der Waals surface area contributed by atoms with Crippen molar-refractivity contribution >= 4 is 22.5 Å². The molecule has 0 aliphatic heterocycles. The summed E-state index contributed by atoms with van der Waals surface area (Å²) in [6.45, 7) is 9.23. The van der Waals surface area contributed by atoms with Crippen LogP contribution >= 0.6 is 11.6 Å². The largest absolute Gasteiger partial charge is 0.468 e. The second-order valence-corrected chi connectivity index (χ2v) is 10.7. The first-order chi connectivity index (χ1) is 18.2. The Morgan fingerprint density at radius 2 is 1.89 bits per heavy atom. The third-order valence-electron chi connectivity index (χ3n) is 7.10. The fraction of sp³-hybridized carbons (Fsp3) is 0.310. The van der Waals surface area contributed by atoms with Crippen LogP contribution in [-0.4, -0.2) is 30.1 Å². The number of tetrazole rings is 1. The van der Waals surface area contributed by atoms with Crippen molar-refractivity contribution in [1.29, 1.82) is 0 Å². The molecule has 0 fully saturated rings. The van der Waals surface area contributed by atoms with E-state index in [1.165, 1.54) is 0 Å². The van der Waals surface area contributed by atoms with Crippen LogP contribution < -0.4 is 5.56 Å². The van der Waals surface area contributed by atoms with Crippen LogP contribution in [-0.2, 0) is 18.6 Å². The highest BCUT2D eigenvalue weighted by Crippen LogP contribution is 2.33. The first-order valence-electron chi connectivity index (χ1n) is 12.7. The van der Waals surface area contributed by atoms with Gasteiger partial charge in [-0.15, -0.1) is 5.10 Å². The molecule has 3 aromatic heterocycles. The van der Waals surface area contributed by atoms with Crippen molar-refractivity contribution in [1.82, 2.24) is 30.1 Å². The number of nitrogens with one attached hydrogen (secondary N) is 1. The van der Waals surface area contributed by atoms with Gasteiger partial charge in [-0.1, -0.05) is 42.8 Å². The molecule has 0 saturated heterocycles. The molecular formula is C29H31ClN6O2. The lowest BCUT2D eigenvalue weighted by Gasteiger charge is -2.33. The molecule has 2 aromatic carbocycles. The zero-order chi connectivity index (χ0) is 26.9. The van der Waals surface area contributed by atoms with Crippen LogP contribution in [0.15, 0.2) is 76.1 Å². The zero-order valence-electron chi connectivity index (χ0n) is 22.0. The summed E-state index contributed by atoms with van der Waals surface area (Å²) in [5, 5.41) is 14.6. The summed E-state index contributed by atoms with van der Waals surface area (Å²) in [6.07, 6.45) is 2.46. The van der Waals surface area contributed by atoms with Crippen LogP contribution in [0.5, 0.6) is 0 Å². The molecule has 0 aliphatic carbocycles. The Labute approximate surface area is 226 Å². The summed E-state index contributed by atoms with van der Waals surface area (Å²) in [5.41, 5.74) is 2.92. The molecule has 0 saturated carbocycles. The third kappa shape index (κ3) is 5.28. The smallest absolute Gasteiger partial charge is 0.253 e. The molecule has 1 atom stereocenters. The van der Waals surface area contributed by atoms with Gasteiger partial charge in [-0.05, 0) is 90.5 Å². The van der Waals surface area contributed by atoms with E-state index in [1.54, 1.807) is 6.26 Å². The Morgan fingerprint density at radius 3 is 2.61 bits per heavy atom. The second kappa shape index (κ2) is 10.6. The first-order valence-corrected chi connectivity index (χ1v) is 13.1. The van der Waals surface area contributed by atoms with Gasteiger partial charge < -0.3 is 9.40 Å². The number of aryl methyl sites for hydroxylation is 1. The highest BCUT2D eigenvalue weighted by molar-refractivity contribution is 6.30. The molecule has 0 radical (unpaired) electrons. The van der Waals surface area contributed by atoms with Gasteiger partial charge >= 0.3 is 0 Å². The van der Waals surface area contributed by atoms with Crippen LogP contribution in [0.3, 0.4) is 0 Å². The van der Waals surface area contributed by atoms with Crippen LogP contribution in [0.1, 0.15) is 61.5 Å². The number of pyridine rings is 1. The van der Waals surface area contributed by atoms with Crippen LogP contribution in [0, 0.1) is 6.92 Å². The summed E-state index contributed by atoms with van der Waals surface area (Å²) in [5.74, 6) is 1.36. The monoisotopic (exact) mass is 530 g/mol. The van der Waals surface area contributed by atoms with Crippen LogP contribution in [0.25, 0.3) is 10.9 Å². The van der Waals surface area contributed by atoms with Gasteiger partial charge in [0.1, 0.15) is 11.8 Å². The average Bonchev–Trinajstić information content (AvgIpc) is 3.59. The maximum absolute atomic E-state index is 13.7. The number of hydrogen-bond acceptors (Lipinski definition) is 6. The molecule has 0 amide bonds. The molecule has 5 aromatic rings. The minimum atomic E-state index is -0.564. The maximum Gasteiger partial charge on any atom is 0.253 e. The van der Waals surface area contributed by atoms with Crippen LogP contribution in [0.2, 0.25) is 5.02 Å². The number of hydrogen-bond donors (Lipinski definition) is 1. The minimum Gasteiger partial charge on any atom is -0.468 e. The number of fused-ring (bicyclic) bond motifs is 1. The summed E-state index contributed by atoms with van der Waals surface area (Å²) >= 11 is 6.17. The van der Waals surface area contributed by atoms with Gasteiger partial charge in [0.15, 0.2) is 5.82 Å². The highest BCUT2D eigenvalue weighted by atomic mass is 35.5. The van der Waals surface area contributed by atoms with Crippen molar-refractivity contribution in [3.63, 3.8) is 0 Å². The number of H-pyrrole nitrogens is 1. The molecule has 38 heavy (non-hydrogen) atoms. The molecule has 5 rings (SSSR count). The quantitative estimate of drug-likeness (QED) is 0.251. The first kappa shape index (κ1) is 25.9. The second-order valence-electron chi connectivity index (χ2n) is 10.3. The predicted octanol–water partition coefficient (Wildman–Crippen LogP) is 6.01. The van der Waals surface area contributed by atoms with E-state index >= 15 is 0 Å². The van der Waals surface area contributed by atoms with E-state index in [2.05, 4.69) is 46.2 Å². The van der Waals surface area contributed by atoms with E-state index in [-0.39, 0.29) is 11.1 Å². The summed E-state index contributed by atoms with van der Waals surface area (Å²) in [7, 11) is 0. The van der Waals surface area contributed by atoms with E-state index in [9.17, 15) is 4.79 Å². The lowest BCUT2D eigenvalue weighted by atomic mass is 9.98. The molecule has 0 bridgehead atoms. The SMILES string of the molecule is CCC(C)(C)n1nnnc1[C@H](c1cc2ccc(C)cc2[nH]c1=O)N(Cc1ccc(Cl)cc1)Cc1ccco1. The van der Waals surface area contributed by atoms with Crippen molar-refractivity contribution in [2.24, 2.45) is 0 Å². The molecule has 9 heteroatoms. The van der Waals surface area contributed by atoms with Gasteiger partial charge in [-0.25, -0.2) is 4.68 Å². The van der Waals surface area contributed by atoms with Gasteiger partial charge in [-0.3, -0.25) is 9.69 Å². The molecule has 1 N–H and O–H groups in total. The van der Waals surface area contributed by atoms with Crippen molar-refractivity contribution < 1.29 is 4.42 Å². The fourth-order valence-corrected chi connectivity index (χ4v) is 4.77. The van der Waals surface area contributed by atoms with E-state index in [0.29, 0.717) is 29.5 Å². The van der Waals surface area contributed by atoms with E-state index < -0.39 is 6.04 Å². The Morgan fingerprint density at radius 1 is 1.11 bits per heavy atom. The Bertz CT molecular complexity index is 1590. The van der Waals surface area contributed by atoms with Crippen molar-refractivity contribution in [2.45, 2.75) is 58.8 Å². The molecule has 0 spiro atoms. The number of rotatable bonds is 9. The van der Waals surface area contributed by atoms with Gasteiger partial charge in [0.05, 0.1) is 18.3 Å². The lowest BCUT2D eigenvalue weighted by Crippen LogP contribution is -2.38. The lowest BCUT2D eigenvalue weighted by molar-refractivity contribution is 0.168. The van der Waals surface area contributed by atoms with Gasteiger partial charge in [0.25, 0.3) is 5.56 Å². The third-order valence-corrected chi connectivity index (χ3v) is 7.36. The highest BCUT2D eigenvalue weighted by Gasteiger charge is 2.35. The zero-order valence-corrected chi connectivity index (χ0v) is 22.7. The molecule has 0 unspecified atom stereocenters. The summed E-state index contributed by atoms with van der Waals surface area (Å²) < 4.78 is 7.59. The molecule has 196 valence electrons. The topological polar surface area (TPSA) is 92.8 Å². The van der Waals surface area contributed by atoms with Crippen LogP contribution in [0.4, 0.5) is 0 Å². The molecule has 3 heterocycles. The van der Waals surface area contributed by atoms with E-state index in [1.807, 2.05) is 72.3 Å². The molecular weight excluding hydrogens is 500 g/mol. The number of aromatic nitrogens is 5. The van der Waals surface area contributed by atoms with Gasteiger partial charge in [-0.2, -0.15) is 0 Å². The van der Waals surface area contributed by atoms with Crippen molar-refractivity contribution in [3.05, 3.63) is 111 Å². The minimum absolute atomic E-state index is 0.183. The number of furan rings is 1. The molecule has 0 aliphatic rings. The van der Waals surface area contributed by atoms with Gasteiger partial charge in [0, 0.05) is 22.6 Å². The maximum atomic E-state index is 13.7. The Kier molecular flexibility index (Phi) is 7.19. The fourth-order valence-electron chi connectivity index (χ4n) is 4.64. The standard InChI is InChI=1S/C29H31ClN6O2/c1-5-29(3,4)36-27(32-33-34-36)26(24-16-21-11-8-19(2)15-25(21)31-28(24)37)35(18-23-7-6-14-38-23)17-20-9-12-22(30)13-10-20/h6-16,26H,5,17-18H2,1-4H3,(H,31,37)/t26-/m0/s1. The van der Waals surface area contributed by atoms with E-state index in [4.69, 9.17) is 16.0 Å². The number of nitrogens with zero attached hydrogens (tertiary/aromatic N) is 5. The van der Waals surface area contributed by atoms with E-state index in [0.717, 1.165) is 34.2 Å². The number of halogens is 1. The Hall–Kier alpha value is -3.75. The normalized spacial score (nSPS) is 12.9. The van der Waals surface area contributed by atoms with Crippen molar-refractivity contribution in [2.75, 3.05) is 0 Å². The van der Waals surface area contributed by atoms with Crippen molar-refractivity contribution in [3.8, 4) is 0 Å².